The summed E-state index contributed by atoms with van der Waals surface area (Å²) in [5.41, 5.74) is 3.53. The lowest BCUT2D eigenvalue weighted by molar-refractivity contribution is -0.719. The molecular formula is C25H28N3O+. The van der Waals surface area contributed by atoms with Gasteiger partial charge in [0.15, 0.2) is 5.76 Å². The second-order valence-electron chi connectivity index (χ2n) is 8.25. The van der Waals surface area contributed by atoms with Gasteiger partial charge < -0.3 is 5.11 Å². The van der Waals surface area contributed by atoms with Crippen molar-refractivity contribution in [3.8, 4) is 5.69 Å². The van der Waals surface area contributed by atoms with Crippen LogP contribution in [0, 0.1) is 0 Å². The van der Waals surface area contributed by atoms with E-state index in [0.29, 0.717) is 11.8 Å². The molecule has 29 heavy (non-hydrogen) atoms. The summed E-state index contributed by atoms with van der Waals surface area (Å²) in [5.74, 6) is 2.39. The van der Waals surface area contributed by atoms with Crippen LogP contribution in [-0.2, 0) is 12.8 Å². The van der Waals surface area contributed by atoms with Crippen LogP contribution in [0.25, 0.3) is 11.4 Å². The minimum atomic E-state index is 0.325. The van der Waals surface area contributed by atoms with Crippen LogP contribution in [0.4, 0.5) is 0 Å². The van der Waals surface area contributed by atoms with E-state index in [9.17, 15) is 5.11 Å². The molecule has 0 unspecified atom stereocenters. The molecule has 1 aliphatic carbocycles. The molecule has 0 bridgehead atoms. The second kappa shape index (κ2) is 7.86. The molecule has 1 fully saturated rings. The molecule has 1 aromatic heterocycles. The number of benzene rings is 2. The van der Waals surface area contributed by atoms with Gasteiger partial charge >= 0.3 is 5.82 Å². The Kier molecular flexibility index (Phi) is 4.92. The Bertz CT molecular complexity index is 1010. The summed E-state index contributed by atoms with van der Waals surface area (Å²) in [6.07, 6.45) is 8.56. The van der Waals surface area contributed by atoms with Crippen molar-refractivity contribution in [3.63, 3.8) is 0 Å². The Morgan fingerprint density at radius 3 is 2.34 bits per heavy atom. The van der Waals surface area contributed by atoms with Crippen LogP contribution < -0.4 is 4.57 Å². The summed E-state index contributed by atoms with van der Waals surface area (Å²) in [5, 5.41) is 16.4. The molecule has 3 aromatic rings. The van der Waals surface area contributed by atoms with E-state index in [0.717, 1.165) is 49.4 Å². The van der Waals surface area contributed by atoms with E-state index in [1.54, 1.807) is 0 Å². The summed E-state index contributed by atoms with van der Waals surface area (Å²) >= 11 is 0. The molecule has 5 rings (SSSR count). The third-order valence-corrected chi connectivity index (χ3v) is 6.31. The highest BCUT2D eigenvalue weighted by atomic mass is 16.3. The smallest absolute Gasteiger partial charge is 0.308 e. The predicted molar refractivity (Wildman–Crippen MR) is 114 cm³/mol. The number of nitrogens with zero attached hydrogens (tertiary/aromatic N) is 3. The van der Waals surface area contributed by atoms with Crippen molar-refractivity contribution < 1.29 is 9.67 Å². The monoisotopic (exact) mass is 386 g/mol. The molecule has 0 saturated heterocycles. The van der Waals surface area contributed by atoms with Gasteiger partial charge in [-0.15, -0.1) is 0 Å². The SMILES string of the molecule is OC(=C1CCCCC1)c1n(-c2ccccc2)nc2[n+]1[C@@H](Cc1ccccc1)CC2. The molecule has 2 aliphatic rings. The fourth-order valence-corrected chi connectivity index (χ4v) is 4.83. The van der Waals surface area contributed by atoms with Gasteiger partial charge in [-0.1, -0.05) is 59.6 Å². The lowest BCUT2D eigenvalue weighted by atomic mass is 9.93. The Balaban J connectivity index is 1.63. The maximum absolute atomic E-state index is 11.4. The molecule has 1 aliphatic heterocycles. The van der Waals surface area contributed by atoms with Crippen LogP contribution in [0.15, 0.2) is 66.2 Å². The van der Waals surface area contributed by atoms with Crippen molar-refractivity contribution in [3.05, 3.63) is 83.4 Å². The van der Waals surface area contributed by atoms with E-state index >= 15 is 0 Å². The summed E-state index contributed by atoms with van der Waals surface area (Å²) < 4.78 is 4.28. The molecule has 4 heteroatoms. The first-order chi connectivity index (χ1) is 14.3. The Labute approximate surface area is 172 Å². The summed E-state index contributed by atoms with van der Waals surface area (Å²) in [4.78, 5) is 0. The maximum atomic E-state index is 11.4. The number of aliphatic hydroxyl groups is 1. The first kappa shape index (κ1) is 18.2. The number of para-hydroxylation sites is 1. The molecule has 0 radical (unpaired) electrons. The van der Waals surface area contributed by atoms with Gasteiger partial charge in [0.2, 0.25) is 0 Å². The lowest BCUT2D eigenvalue weighted by Gasteiger charge is -2.17. The zero-order valence-electron chi connectivity index (χ0n) is 16.8. The molecule has 2 aromatic carbocycles. The van der Waals surface area contributed by atoms with Gasteiger partial charge in [-0.2, -0.15) is 0 Å². The van der Waals surface area contributed by atoms with Crippen LogP contribution in [-0.4, -0.2) is 14.9 Å². The molecular weight excluding hydrogens is 358 g/mol. The summed E-state index contributed by atoms with van der Waals surface area (Å²) in [6, 6.07) is 21.2. The van der Waals surface area contributed by atoms with Gasteiger partial charge in [-0.3, -0.25) is 0 Å². The third-order valence-electron chi connectivity index (χ3n) is 6.31. The van der Waals surface area contributed by atoms with Crippen molar-refractivity contribution in [1.82, 2.24) is 9.78 Å². The number of aryl methyl sites for hydroxylation is 1. The minimum Gasteiger partial charge on any atom is -0.502 e. The van der Waals surface area contributed by atoms with Crippen LogP contribution in [0.2, 0.25) is 0 Å². The quantitative estimate of drug-likeness (QED) is 0.499. The highest BCUT2D eigenvalue weighted by molar-refractivity contribution is 5.56. The standard InChI is InChI=1S/C25H27N3O/c29-24(20-12-6-2-7-13-20)25-27-22(18-19-10-4-1-5-11-19)16-17-23(27)26-28(25)21-14-8-3-9-15-21/h1,3-5,8-11,14-15,22H,2,6-7,12-13,16-18H2/p+1/t22-/m1/s1. The molecule has 2 heterocycles. The first-order valence-electron chi connectivity index (χ1n) is 10.9. The number of rotatable bonds is 4. The van der Waals surface area contributed by atoms with E-state index in [1.807, 2.05) is 22.9 Å². The van der Waals surface area contributed by atoms with Crippen LogP contribution in [0.3, 0.4) is 0 Å². The van der Waals surface area contributed by atoms with Crippen LogP contribution in [0.1, 0.15) is 61.8 Å². The fraction of sp³-hybridized carbons (Fsp3) is 0.360. The van der Waals surface area contributed by atoms with Crippen LogP contribution in [0.5, 0.6) is 0 Å². The number of hydrogen-bond donors (Lipinski definition) is 1. The molecule has 4 nitrogen and oxygen atoms in total. The maximum Gasteiger partial charge on any atom is 0.308 e. The number of aliphatic hydroxyl groups excluding tert-OH is 1. The van der Waals surface area contributed by atoms with Crippen molar-refractivity contribution in [2.75, 3.05) is 0 Å². The second-order valence-corrected chi connectivity index (χ2v) is 8.25. The zero-order valence-corrected chi connectivity index (χ0v) is 16.8. The molecule has 1 N–H and O–H groups in total. The average Bonchev–Trinajstić information content (AvgIpc) is 3.35. The number of aromatic nitrogens is 3. The Morgan fingerprint density at radius 2 is 1.62 bits per heavy atom. The highest BCUT2D eigenvalue weighted by Gasteiger charge is 2.39. The van der Waals surface area contributed by atoms with E-state index < -0.39 is 0 Å². The highest BCUT2D eigenvalue weighted by Crippen LogP contribution is 2.31. The van der Waals surface area contributed by atoms with Gasteiger partial charge in [0.1, 0.15) is 5.69 Å². The van der Waals surface area contributed by atoms with Gasteiger partial charge in [-0.05, 0) is 55.4 Å². The Morgan fingerprint density at radius 1 is 0.931 bits per heavy atom. The molecule has 148 valence electrons. The van der Waals surface area contributed by atoms with Gasteiger partial charge in [0.05, 0.1) is 6.04 Å². The van der Waals surface area contributed by atoms with Crippen molar-refractivity contribution in [2.45, 2.75) is 57.4 Å². The van der Waals surface area contributed by atoms with Gasteiger partial charge in [-0.25, -0.2) is 4.57 Å². The average molecular weight is 387 g/mol. The third kappa shape index (κ3) is 3.48. The van der Waals surface area contributed by atoms with Crippen molar-refractivity contribution in [1.29, 1.82) is 0 Å². The topological polar surface area (TPSA) is 41.9 Å². The minimum absolute atomic E-state index is 0.325. The van der Waals surface area contributed by atoms with E-state index in [-0.39, 0.29) is 0 Å². The number of fused-ring (bicyclic) bond motifs is 1. The van der Waals surface area contributed by atoms with E-state index in [2.05, 4.69) is 47.0 Å². The molecule has 0 amide bonds. The molecule has 1 atom stereocenters. The van der Waals surface area contributed by atoms with Crippen molar-refractivity contribution in [2.24, 2.45) is 0 Å². The molecule has 1 saturated carbocycles. The van der Waals surface area contributed by atoms with Crippen molar-refractivity contribution >= 4 is 5.76 Å². The number of hydrogen-bond acceptors (Lipinski definition) is 2. The summed E-state index contributed by atoms with van der Waals surface area (Å²) in [7, 11) is 0. The van der Waals surface area contributed by atoms with E-state index in [4.69, 9.17) is 5.10 Å². The number of allylic oxidation sites excluding steroid dienone is 1. The van der Waals surface area contributed by atoms with Crippen LogP contribution >= 0.6 is 0 Å². The van der Waals surface area contributed by atoms with Gasteiger partial charge in [0, 0.05) is 17.9 Å². The normalized spacial score (nSPS) is 18.6. The predicted octanol–water partition coefficient (Wildman–Crippen LogP) is 5.12. The summed E-state index contributed by atoms with van der Waals surface area (Å²) in [6.45, 7) is 0. The first-order valence-corrected chi connectivity index (χ1v) is 10.9. The zero-order chi connectivity index (χ0) is 19.6. The molecule has 0 spiro atoms. The fourth-order valence-electron chi connectivity index (χ4n) is 4.83. The van der Waals surface area contributed by atoms with Gasteiger partial charge in [0.25, 0.3) is 5.82 Å². The lowest BCUT2D eigenvalue weighted by Crippen LogP contribution is -2.42. The largest absolute Gasteiger partial charge is 0.502 e. The van der Waals surface area contributed by atoms with E-state index in [1.165, 1.54) is 30.4 Å². The Hall–Kier alpha value is -2.88.